The number of halogens is 1. The minimum atomic E-state index is -4.59. The molecule has 1 heterocycles. The highest BCUT2D eigenvalue weighted by atomic mass is 35.5. The zero-order valence-electron chi connectivity index (χ0n) is 28.1. The Labute approximate surface area is 305 Å². The number of carbonyl (C=O) groups is 2. The van der Waals surface area contributed by atoms with Gasteiger partial charge >= 0.3 is 0 Å². The second-order valence-corrected chi connectivity index (χ2v) is 14.1. The fourth-order valence-electron chi connectivity index (χ4n) is 6.11. The maximum absolute atomic E-state index is 13.8. The van der Waals surface area contributed by atoms with Gasteiger partial charge in [-0.3, -0.25) is 19.7 Å². The van der Waals surface area contributed by atoms with Crippen LogP contribution in [0.2, 0.25) is 5.02 Å². The first-order chi connectivity index (χ1) is 24.9. The van der Waals surface area contributed by atoms with Crippen molar-refractivity contribution in [2.24, 2.45) is 0 Å². The quantitative estimate of drug-likeness (QED) is 0.102. The number of rotatable bonds is 12. The van der Waals surface area contributed by atoms with E-state index in [2.05, 4.69) is 9.88 Å². The van der Waals surface area contributed by atoms with Crippen molar-refractivity contribution >= 4 is 50.0 Å². The Morgan fingerprint density at radius 2 is 1.54 bits per heavy atom. The third kappa shape index (κ3) is 7.68. The topological polar surface area (TPSA) is 150 Å². The van der Waals surface area contributed by atoms with E-state index in [1.807, 2.05) is 84.4 Å². The SMILES string of the molecule is COc1ccc2c(c1)c(CC(=O)N[C@@H](Cc1ccccc1)C(=O)NS(=O)(=O)c1ccc(Cl)c([N+](=O)[O-])c1)c(C)n2-c1ccc(-c2ccccc2)cc1. The molecule has 0 aliphatic heterocycles. The maximum Gasteiger partial charge on any atom is 0.289 e. The molecule has 6 rings (SSSR count). The molecule has 0 spiro atoms. The molecule has 13 heteroatoms. The van der Waals surface area contributed by atoms with Gasteiger partial charge in [0.1, 0.15) is 16.8 Å². The first-order valence-electron chi connectivity index (χ1n) is 16.1. The van der Waals surface area contributed by atoms with Gasteiger partial charge in [-0.15, -0.1) is 0 Å². The molecule has 264 valence electrons. The van der Waals surface area contributed by atoms with Gasteiger partial charge in [-0.05, 0) is 71.6 Å². The lowest BCUT2D eigenvalue weighted by molar-refractivity contribution is -0.384. The molecule has 0 saturated carbocycles. The van der Waals surface area contributed by atoms with Gasteiger partial charge in [-0.2, -0.15) is 0 Å². The van der Waals surface area contributed by atoms with Gasteiger partial charge in [0, 0.05) is 29.3 Å². The van der Waals surface area contributed by atoms with Crippen LogP contribution in [0.1, 0.15) is 16.8 Å². The van der Waals surface area contributed by atoms with E-state index in [1.54, 1.807) is 37.4 Å². The van der Waals surface area contributed by atoms with E-state index in [1.165, 1.54) is 0 Å². The molecule has 5 aromatic carbocycles. The highest BCUT2D eigenvalue weighted by Gasteiger charge is 2.29. The van der Waals surface area contributed by atoms with Crippen molar-refractivity contribution in [3.8, 4) is 22.6 Å². The smallest absolute Gasteiger partial charge is 0.289 e. The van der Waals surface area contributed by atoms with Crippen LogP contribution >= 0.6 is 11.6 Å². The van der Waals surface area contributed by atoms with E-state index in [0.717, 1.165) is 51.6 Å². The van der Waals surface area contributed by atoms with E-state index in [4.69, 9.17) is 16.3 Å². The highest BCUT2D eigenvalue weighted by molar-refractivity contribution is 7.90. The first kappa shape index (κ1) is 35.8. The molecule has 52 heavy (non-hydrogen) atoms. The molecule has 0 unspecified atom stereocenters. The number of benzene rings is 5. The van der Waals surface area contributed by atoms with Crippen molar-refractivity contribution in [2.75, 3.05) is 7.11 Å². The Balaban J connectivity index is 1.30. The molecule has 1 aromatic heterocycles. The lowest BCUT2D eigenvalue weighted by Gasteiger charge is -2.19. The number of carbonyl (C=O) groups excluding carboxylic acids is 2. The average molecular weight is 737 g/mol. The van der Waals surface area contributed by atoms with E-state index in [0.29, 0.717) is 16.9 Å². The van der Waals surface area contributed by atoms with Crippen molar-refractivity contribution in [3.05, 3.63) is 153 Å². The number of sulfonamides is 1. The van der Waals surface area contributed by atoms with Gasteiger partial charge < -0.3 is 14.6 Å². The normalized spacial score (nSPS) is 11.9. The number of aromatic nitrogens is 1. The predicted octanol–water partition coefficient (Wildman–Crippen LogP) is 6.95. The average Bonchev–Trinajstić information content (AvgIpc) is 3.41. The molecule has 0 fully saturated rings. The summed E-state index contributed by atoms with van der Waals surface area (Å²) in [6, 6.07) is 34.1. The van der Waals surface area contributed by atoms with E-state index in [9.17, 15) is 28.1 Å². The van der Waals surface area contributed by atoms with Gasteiger partial charge in [0.2, 0.25) is 5.91 Å². The van der Waals surface area contributed by atoms with Crippen LogP contribution < -0.4 is 14.8 Å². The molecule has 0 aliphatic carbocycles. The van der Waals surface area contributed by atoms with Crippen LogP contribution in [0.4, 0.5) is 5.69 Å². The van der Waals surface area contributed by atoms with Gasteiger partial charge in [0.15, 0.2) is 0 Å². The summed E-state index contributed by atoms with van der Waals surface area (Å²) < 4.78 is 36.0. The van der Waals surface area contributed by atoms with Crippen molar-refractivity contribution in [2.45, 2.75) is 30.7 Å². The number of nitro benzene ring substituents is 1. The van der Waals surface area contributed by atoms with Crippen LogP contribution in [0, 0.1) is 17.0 Å². The summed E-state index contributed by atoms with van der Waals surface area (Å²) in [6.45, 7) is 1.91. The predicted molar refractivity (Wildman–Crippen MR) is 199 cm³/mol. The number of fused-ring (bicyclic) bond motifs is 1. The Kier molecular flexibility index (Phi) is 10.4. The number of hydrogen-bond donors (Lipinski definition) is 2. The highest BCUT2D eigenvalue weighted by Crippen LogP contribution is 2.33. The standard InChI is InChI=1S/C39H33ClN4O7S/c1-25-32(33-22-30(51-2)17-20-36(33)43(25)29-15-13-28(14-16-29)27-11-7-4-8-12-27)24-38(45)41-35(21-26-9-5-3-6-10-26)39(46)42-52(49,50)31-18-19-34(40)37(23-31)44(47)48/h3-20,22-23,35H,21,24H2,1-2H3,(H,41,45)(H,42,46)/t35-/m0/s1. The Bertz CT molecular complexity index is 2400. The lowest BCUT2D eigenvalue weighted by atomic mass is 10.0. The molecule has 1 atom stereocenters. The molecule has 6 aromatic rings. The molecular formula is C39H33ClN4O7S. The minimum absolute atomic E-state index is 0.0307. The Morgan fingerprint density at radius 1 is 0.885 bits per heavy atom. The molecular weight excluding hydrogens is 704 g/mol. The second-order valence-electron chi connectivity index (χ2n) is 12.0. The fraction of sp³-hybridized carbons (Fsp3) is 0.128. The third-order valence-electron chi connectivity index (χ3n) is 8.71. The van der Waals surface area contributed by atoms with E-state index < -0.39 is 43.4 Å². The summed E-state index contributed by atoms with van der Waals surface area (Å²) in [5.74, 6) is -0.950. The number of nitrogens with one attached hydrogen (secondary N) is 2. The van der Waals surface area contributed by atoms with Crippen LogP contribution in [0.3, 0.4) is 0 Å². The van der Waals surface area contributed by atoms with Crippen LogP contribution in [-0.4, -0.2) is 42.9 Å². The lowest BCUT2D eigenvalue weighted by Crippen LogP contribution is -2.49. The number of ether oxygens (including phenoxy) is 1. The maximum atomic E-state index is 13.8. The zero-order valence-corrected chi connectivity index (χ0v) is 29.6. The van der Waals surface area contributed by atoms with Gasteiger partial charge in [0.25, 0.3) is 21.6 Å². The van der Waals surface area contributed by atoms with Gasteiger partial charge in [-0.1, -0.05) is 84.4 Å². The summed E-state index contributed by atoms with van der Waals surface area (Å²) >= 11 is 5.86. The van der Waals surface area contributed by atoms with Gasteiger partial charge in [0.05, 0.1) is 28.9 Å². The summed E-state index contributed by atoms with van der Waals surface area (Å²) in [5, 5.41) is 14.6. The number of methoxy groups -OCH3 is 1. The summed E-state index contributed by atoms with van der Waals surface area (Å²) in [7, 11) is -3.03. The third-order valence-corrected chi connectivity index (χ3v) is 10.4. The monoisotopic (exact) mass is 736 g/mol. The summed E-state index contributed by atoms with van der Waals surface area (Å²) in [4.78, 5) is 37.5. The Morgan fingerprint density at radius 3 is 2.19 bits per heavy atom. The summed E-state index contributed by atoms with van der Waals surface area (Å²) in [5.41, 5.74) is 5.38. The number of hydrogen-bond acceptors (Lipinski definition) is 7. The largest absolute Gasteiger partial charge is 0.497 e. The first-order valence-corrected chi connectivity index (χ1v) is 18.0. The van der Waals surface area contributed by atoms with Crippen molar-refractivity contribution in [1.29, 1.82) is 0 Å². The Hall–Kier alpha value is -5.98. The molecule has 0 aliphatic rings. The fourth-order valence-corrected chi connectivity index (χ4v) is 7.33. The minimum Gasteiger partial charge on any atom is -0.497 e. The van der Waals surface area contributed by atoms with Crippen LogP contribution in [-0.2, 0) is 32.5 Å². The molecule has 2 amide bonds. The zero-order chi connectivity index (χ0) is 37.0. The molecule has 0 saturated heterocycles. The second kappa shape index (κ2) is 15.1. The van der Waals surface area contributed by atoms with Gasteiger partial charge in [-0.25, -0.2) is 13.1 Å². The number of nitro groups is 1. The van der Waals surface area contributed by atoms with Crippen LogP contribution in [0.15, 0.2) is 126 Å². The number of nitrogens with zero attached hydrogens (tertiary/aromatic N) is 2. The van der Waals surface area contributed by atoms with E-state index >= 15 is 0 Å². The van der Waals surface area contributed by atoms with Crippen molar-refractivity contribution in [1.82, 2.24) is 14.6 Å². The number of amides is 2. The molecule has 11 nitrogen and oxygen atoms in total. The molecule has 0 radical (unpaired) electrons. The van der Waals surface area contributed by atoms with Crippen molar-refractivity contribution < 1.29 is 27.7 Å². The van der Waals surface area contributed by atoms with Crippen LogP contribution in [0.25, 0.3) is 27.7 Å². The van der Waals surface area contributed by atoms with Crippen molar-refractivity contribution in [3.63, 3.8) is 0 Å². The van der Waals surface area contributed by atoms with Crippen LogP contribution in [0.5, 0.6) is 5.75 Å². The molecule has 0 bridgehead atoms. The summed E-state index contributed by atoms with van der Waals surface area (Å²) in [6.07, 6.45) is -0.170. The van der Waals surface area contributed by atoms with E-state index in [-0.39, 0.29) is 17.9 Å². The molecule has 2 N–H and O–H groups in total.